The monoisotopic (exact) mass is 327 g/mol. The molecule has 1 saturated heterocycles. The molecule has 0 atom stereocenters. The zero-order valence-electron chi connectivity index (χ0n) is 10.5. The second-order valence-electron chi connectivity index (χ2n) is 4.09. The first kappa shape index (κ1) is 13.8. The molecule has 0 unspecified atom stereocenters. The standard InChI is InChI=1S/C12H14BrN3O3/c1-19-12(18)16-7-5-15(6-8-16)11(17)9-3-2-4-14-10(9)13/h2-4H,5-8H2,1H3. The van der Waals surface area contributed by atoms with E-state index < -0.39 is 0 Å². The van der Waals surface area contributed by atoms with Crippen molar-refractivity contribution in [3.63, 3.8) is 0 Å². The summed E-state index contributed by atoms with van der Waals surface area (Å²) in [5, 5.41) is 0. The molecule has 1 aromatic rings. The Bertz CT molecular complexity index is 487. The fraction of sp³-hybridized carbons (Fsp3) is 0.417. The average Bonchev–Trinajstić information content (AvgIpc) is 2.46. The topological polar surface area (TPSA) is 62.7 Å². The highest BCUT2D eigenvalue weighted by Gasteiger charge is 2.26. The number of hydrogen-bond acceptors (Lipinski definition) is 4. The lowest BCUT2D eigenvalue weighted by Crippen LogP contribution is -2.50. The Morgan fingerprint density at radius 1 is 1.26 bits per heavy atom. The molecule has 0 radical (unpaired) electrons. The molecule has 0 saturated carbocycles. The number of halogens is 1. The van der Waals surface area contributed by atoms with Crippen molar-refractivity contribution < 1.29 is 14.3 Å². The molecule has 0 bridgehead atoms. The first-order valence-electron chi connectivity index (χ1n) is 5.86. The predicted molar refractivity (Wildman–Crippen MR) is 71.8 cm³/mol. The Morgan fingerprint density at radius 2 is 1.89 bits per heavy atom. The third kappa shape index (κ3) is 3.04. The summed E-state index contributed by atoms with van der Waals surface area (Å²) in [6.45, 7) is 1.96. The lowest BCUT2D eigenvalue weighted by Gasteiger charge is -2.33. The minimum absolute atomic E-state index is 0.0792. The lowest BCUT2D eigenvalue weighted by atomic mass is 10.2. The number of piperazine rings is 1. The van der Waals surface area contributed by atoms with E-state index in [1.807, 2.05) is 0 Å². The van der Waals surface area contributed by atoms with Crippen molar-refractivity contribution in [2.45, 2.75) is 0 Å². The molecular formula is C12H14BrN3O3. The number of amides is 2. The fourth-order valence-corrected chi connectivity index (χ4v) is 2.36. The number of ether oxygens (including phenoxy) is 1. The molecule has 2 rings (SSSR count). The molecule has 1 aliphatic heterocycles. The molecule has 2 amide bonds. The van der Waals surface area contributed by atoms with Gasteiger partial charge in [0.15, 0.2) is 0 Å². The summed E-state index contributed by atoms with van der Waals surface area (Å²) in [7, 11) is 1.35. The van der Waals surface area contributed by atoms with Crippen LogP contribution >= 0.6 is 15.9 Å². The van der Waals surface area contributed by atoms with Crippen molar-refractivity contribution in [2.24, 2.45) is 0 Å². The van der Waals surface area contributed by atoms with Gasteiger partial charge in [-0.3, -0.25) is 4.79 Å². The van der Waals surface area contributed by atoms with Gasteiger partial charge in [0.25, 0.3) is 5.91 Å². The number of carbonyl (C=O) groups excluding carboxylic acids is 2. The quantitative estimate of drug-likeness (QED) is 0.731. The van der Waals surface area contributed by atoms with E-state index in [1.54, 1.807) is 28.1 Å². The molecule has 1 fully saturated rings. The second-order valence-corrected chi connectivity index (χ2v) is 4.84. The maximum absolute atomic E-state index is 12.3. The van der Waals surface area contributed by atoms with Gasteiger partial charge in [0.05, 0.1) is 12.7 Å². The van der Waals surface area contributed by atoms with Crippen molar-refractivity contribution in [3.05, 3.63) is 28.5 Å². The van der Waals surface area contributed by atoms with Crippen LogP contribution in [0.1, 0.15) is 10.4 Å². The van der Waals surface area contributed by atoms with Crippen LogP contribution in [0.5, 0.6) is 0 Å². The first-order valence-corrected chi connectivity index (χ1v) is 6.65. The van der Waals surface area contributed by atoms with Gasteiger partial charge in [-0.1, -0.05) is 0 Å². The van der Waals surface area contributed by atoms with Crippen LogP contribution in [0.3, 0.4) is 0 Å². The Labute approximate surface area is 119 Å². The smallest absolute Gasteiger partial charge is 0.409 e. The summed E-state index contributed by atoms with van der Waals surface area (Å²) in [5.74, 6) is -0.0792. The highest BCUT2D eigenvalue weighted by molar-refractivity contribution is 9.10. The van der Waals surface area contributed by atoms with Crippen LogP contribution in [-0.2, 0) is 4.74 Å². The number of hydrogen-bond donors (Lipinski definition) is 0. The maximum Gasteiger partial charge on any atom is 0.409 e. The summed E-state index contributed by atoms with van der Waals surface area (Å²) in [6, 6.07) is 3.45. The molecule has 1 aliphatic rings. The van der Waals surface area contributed by atoms with E-state index in [0.717, 1.165) is 0 Å². The minimum atomic E-state index is -0.352. The van der Waals surface area contributed by atoms with E-state index >= 15 is 0 Å². The number of carbonyl (C=O) groups is 2. The van der Waals surface area contributed by atoms with Crippen molar-refractivity contribution in [2.75, 3.05) is 33.3 Å². The number of aromatic nitrogens is 1. The highest BCUT2D eigenvalue weighted by atomic mass is 79.9. The van der Waals surface area contributed by atoms with Gasteiger partial charge in [0.1, 0.15) is 4.60 Å². The summed E-state index contributed by atoms with van der Waals surface area (Å²) < 4.78 is 5.19. The molecule has 1 aromatic heterocycles. The molecule has 6 nitrogen and oxygen atoms in total. The number of nitrogens with zero attached hydrogens (tertiary/aromatic N) is 3. The third-order valence-electron chi connectivity index (χ3n) is 2.99. The first-order chi connectivity index (χ1) is 9.13. The molecule has 0 N–H and O–H groups in total. The lowest BCUT2D eigenvalue weighted by molar-refractivity contribution is 0.0598. The summed E-state index contributed by atoms with van der Waals surface area (Å²) >= 11 is 3.27. The predicted octanol–water partition coefficient (Wildman–Crippen LogP) is 1.37. The van der Waals surface area contributed by atoms with Crippen LogP contribution in [0.25, 0.3) is 0 Å². The van der Waals surface area contributed by atoms with E-state index in [-0.39, 0.29) is 12.0 Å². The summed E-state index contributed by atoms with van der Waals surface area (Å²) in [6.07, 6.45) is 1.27. The zero-order chi connectivity index (χ0) is 13.8. The Hall–Kier alpha value is -1.63. The van der Waals surface area contributed by atoms with Gasteiger partial charge in [-0.2, -0.15) is 0 Å². The third-order valence-corrected chi connectivity index (χ3v) is 3.62. The van der Waals surface area contributed by atoms with Gasteiger partial charge < -0.3 is 14.5 Å². The number of pyridine rings is 1. The van der Waals surface area contributed by atoms with Crippen LogP contribution in [0.4, 0.5) is 4.79 Å². The van der Waals surface area contributed by atoms with Crippen molar-refractivity contribution in [1.29, 1.82) is 0 Å². The molecule has 19 heavy (non-hydrogen) atoms. The van der Waals surface area contributed by atoms with Crippen molar-refractivity contribution in [3.8, 4) is 0 Å². The molecule has 0 aromatic carbocycles. The van der Waals surface area contributed by atoms with Gasteiger partial charge in [0, 0.05) is 32.4 Å². The van der Waals surface area contributed by atoms with Gasteiger partial charge >= 0.3 is 6.09 Å². The molecule has 102 valence electrons. The van der Waals surface area contributed by atoms with E-state index in [2.05, 4.69) is 25.7 Å². The number of methoxy groups -OCH3 is 1. The maximum atomic E-state index is 12.3. The van der Waals surface area contributed by atoms with Gasteiger partial charge in [-0.25, -0.2) is 9.78 Å². The SMILES string of the molecule is COC(=O)N1CCN(C(=O)c2cccnc2Br)CC1. The summed E-state index contributed by atoms with van der Waals surface area (Å²) in [4.78, 5) is 31.0. The van der Waals surface area contributed by atoms with E-state index in [9.17, 15) is 9.59 Å². The van der Waals surface area contributed by atoms with E-state index in [1.165, 1.54) is 7.11 Å². The molecule has 0 spiro atoms. The largest absolute Gasteiger partial charge is 0.453 e. The van der Waals surface area contributed by atoms with Crippen LogP contribution in [0.2, 0.25) is 0 Å². The van der Waals surface area contributed by atoms with Crippen LogP contribution in [-0.4, -0.2) is 60.1 Å². The zero-order valence-corrected chi connectivity index (χ0v) is 12.1. The molecule has 2 heterocycles. The van der Waals surface area contributed by atoms with Gasteiger partial charge in [-0.15, -0.1) is 0 Å². The minimum Gasteiger partial charge on any atom is -0.453 e. The Kier molecular flexibility index (Phi) is 4.36. The molecular weight excluding hydrogens is 314 g/mol. The van der Waals surface area contributed by atoms with Gasteiger partial charge in [0.2, 0.25) is 0 Å². The number of rotatable bonds is 1. The molecule has 0 aliphatic carbocycles. The Morgan fingerprint density at radius 3 is 2.47 bits per heavy atom. The average molecular weight is 328 g/mol. The van der Waals surface area contributed by atoms with Gasteiger partial charge in [-0.05, 0) is 28.1 Å². The van der Waals surface area contributed by atoms with Crippen molar-refractivity contribution in [1.82, 2.24) is 14.8 Å². The normalized spacial score (nSPS) is 15.3. The van der Waals surface area contributed by atoms with E-state index in [0.29, 0.717) is 36.3 Å². The van der Waals surface area contributed by atoms with Crippen molar-refractivity contribution >= 4 is 27.9 Å². The van der Waals surface area contributed by atoms with Crippen LogP contribution in [0, 0.1) is 0 Å². The van der Waals surface area contributed by atoms with Crippen LogP contribution < -0.4 is 0 Å². The second kappa shape index (κ2) is 6.01. The Balaban J connectivity index is 2.00. The highest BCUT2D eigenvalue weighted by Crippen LogP contribution is 2.16. The fourth-order valence-electron chi connectivity index (χ4n) is 1.94. The van der Waals surface area contributed by atoms with Crippen LogP contribution in [0.15, 0.2) is 22.9 Å². The summed E-state index contributed by atoms with van der Waals surface area (Å²) in [5.41, 5.74) is 0.536. The van der Waals surface area contributed by atoms with E-state index in [4.69, 9.17) is 0 Å². The molecule has 7 heteroatoms.